The first-order valence-electron chi connectivity index (χ1n) is 4.42. The van der Waals surface area contributed by atoms with E-state index in [1.54, 1.807) is 13.4 Å². The van der Waals surface area contributed by atoms with Crippen LogP contribution in [0.15, 0.2) is 36.6 Å². The molecule has 3 nitrogen and oxygen atoms in total. The molecule has 0 bridgehead atoms. The zero-order valence-electron chi connectivity index (χ0n) is 8.94. The third-order valence-electron chi connectivity index (χ3n) is 1.44. The minimum absolute atomic E-state index is 1.16. The fourth-order valence-corrected chi connectivity index (χ4v) is 0.711. The van der Waals surface area contributed by atoms with E-state index in [-0.39, 0.29) is 0 Å². The molecule has 0 amide bonds. The monoisotopic (exact) mass is 248 g/mol. The number of benzene rings is 1. The van der Waals surface area contributed by atoms with Gasteiger partial charge >= 0.3 is 12.1 Å². The highest BCUT2D eigenvalue weighted by atomic mass is 19.4. The molecule has 0 spiro atoms. The third-order valence-corrected chi connectivity index (χ3v) is 1.44. The average molecular weight is 248 g/mol. The molecule has 1 aromatic carbocycles. The van der Waals surface area contributed by atoms with Crippen LogP contribution in [0, 0.1) is 0 Å². The minimum atomic E-state index is -5.08. The molecule has 6 heteroatoms. The number of hydrogen-bond acceptors (Lipinski definition) is 2. The molecule has 1 N–H and O–H groups in total. The molecule has 0 saturated heterocycles. The van der Waals surface area contributed by atoms with Crippen molar-refractivity contribution >= 4 is 12.0 Å². The van der Waals surface area contributed by atoms with E-state index in [1.165, 1.54) is 0 Å². The predicted octanol–water partition coefficient (Wildman–Crippen LogP) is 2.94. The smallest absolute Gasteiger partial charge is 0.490 e. The van der Waals surface area contributed by atoms with Crippen molar-refractivity contribution < 1.29 is 27.8 Å². The highest BCUT2D eigenvalue weighted by molar-refractivity contribution is 5.73. The summed E-state index contributed by atoms with van der Waals surface area (Å²) in [4.78, 5) is 8.90. The number of carbonyl (C=O) groups is 1. The highest BCUT2D eigenvalue weighted by Crippen LogP contribution is 2.13. The van der Waals surface area contributed by atoms with Crippen molar-refractivity contribution in [2.75, 3.05) is 7.11 Å². The second kappa shape index (κ2) is 7.32. The van der Waals surface area contributed by atoms with Crippen LogP contribution in [-0.2, 0) is 9.53 Å². The Bertz CT molecular complexity index is 358. The topological polar surface area (TPSA) is 46.5 Å². The van der Waals surface area contributed by atoms with Crippen molar-refractivity contribution in [2.45, 2.75) is 6.18 Å². The van der Waals surface area contributed by atoms with Crippen molar-refractivity contribution in [3.63, 3.8) is 0 Å². The Balaban J connectivity index is 0.000000325. The summed E-state index contributed by atoms with van der Waals surface area (Å²) in [5.74, 6) is -2.76. The average Bonchev–Trinajstić information content (AvgIpc) is 2.27. The summed E-state index contributed by atoms with van der Waals surface area (Å²) in [5.41, 5.74) is 1.16. The van der Waals surface area contributed by atoms with Crippen molar-refractivity contribution in [2.24, 2.45) is 0 Å². The van der Waals surface area contributed by atoms with E-state index in [4.69, 9.17) is 14.6 Å². The van der Waals surface area contributed by atoms with Crippen molar-refractivity contribution in [3.8, 4) is 0 Å². The molecule has 0 aliphatic heterocycles. The quantitative estimate of drug-likeness (QED) is 0.818. The molecule has 1 rings (SSSR count). The van der Waals surface area contributed by atoms with Crippen molar-refractivity contribution in [1.82, 2.24) is 0 Å². The third kappa shape index (κ3) is 7.89. The first kappa shape index (κ1) is 15.0. The summed E-state index contributed by atoms with van der Waals surface area (Å²) >= 11 is 0. The first-order chi connectivity index (χ1) is 7.88. The van der Waals surface area contributed by atoms with Gasteiger partial charge in [-0.2, -0.15) is 13.2 Å². The van der Waals surface area contributed by atoms with E-state index in [2.05, 4.69) is 0 Å². The van der Waals surface area contributed by atoms with Gasteiger partial charge in [0.2, 0.25) is 0 Å². The number of halogens is 3. The standard InChI is InChI=1S/C9H10O.C2HF3O2/c1-10-8-7-9-5-3-2-4-6-9;3-2(4,5)1(6)7/h2-8H,1H3;(H,6,7). The van der Waals surface area contributed by atoms with Gasteiger partial charge in [0.15, 0.2) is 0 Å². The lowest BCUT2D eigenvalue weighted by molar-refractivity contribution is -0.192. The molecular weight excluding hydrogens is 237 g/mol. The zero-order valence-corrected chi connectivity index (χ0v) is 8.94. The van der Waals surface area contributed by atoms with Gasteiger partial charge in [0.05, 0.1) is 13.4 Å². The SMILES string of the molecule is COC=Cc1ccccc1.O=C(O)C(F)(F)F. The second-order valence-corrected chi connectivity index (χ2v) is 2.75. The number of aliphatic carboxylic acids is 1. The van der Waals surface area contributed by atoms with Crippen LogP contribution in [0.1, 0.15) is 5.56 Å². The van der Waals surface area contributed by atoms with Crippen molar-refractivity contribution in [1.29, 1.82) is 0 Å². The lowest BCUT2D eigenvalue weighted by Gasteiger charge is -1.93. The fourth-order valence-electron chi connectivity index (χ4n) is 0.711. The second-order valence-electron chi connectivity index (χ2n) is 2.75. The van der Waals surface area contributed by atoms with Gasteiger partial charge in [0.1, 0.15) is 0 Å². The van der Waals surface area contributed by atoms with Gasteiger partial charge in [0, 0.05) is 0 Å². The highest BCUT2D eigenvalue weighted by Gasteiger charge is 2.38. The lowest BCUT2D eigenvalue weighted by atomic mass is 10.2. The van der Waals surface area contributed by atoms with E-state index in [1.807, 2.05) is 36.4 Å². The number of methoxy groups -OCH3 is 1. The Morgan fingerprint density at radius 2 is 1.76 bits per heavy atom. The summed E-state index contributed by atoms with van der Waals surface area (Å²) in [5, 5.41) is 7.12. The number of ether oxygens (including phenoxy) is 1. The Hall–Kier alpha value is -1.98. The maximum Gasteiger partial charge on any atom is 0.490 e. The van der Waals surface area contributed by atoms with Gasteiger partial charge in [-0.3, -0.25) is 0 Å². The Kier molecular flexibility index (Phi) is 6.47. The Labute approximate surface area is 96.1 Å². The molecule has 1 aromatic rings. The van der Waals surface area contributed by atoms with Crippen LogP contribution in [0.25, 0.3) is 6.08 Å². The molecule has 0 heterocycles. The summed E-state index contributed by atoms with van der Waals surface area (Å²) < 4.78 is 36.5. The normalized spacial score (nSPS) is 10.6. The molecule has 94 valence electrons. The van der Waals surface area contributed by atoms with E-state index in [0.29, 0.717) is 0 Å². The molecule has 0 aromatic heterocycles. The summed E-state index contributed by atoms with van der Waals surface area (Å²) in [6.07, 6.45) is -1.50. The molecular formula is C11H11F3O3. The molecule has 0 aliphatic rings. The molecule has 0 radical (unpaired) electrons. The first-order valence-corrected chi connectivity index (χ1v) is 4.42. The largest absolute Gasteiger partial charge is 0.504 e. The zero-order chi connectivity index (χ0) is 13.3. The predicted molar refractivity (Wildman–Crippen MR) is 56.2 cm³/mol. The molecule has 0 aliphatic carbocycles. The minimum Gasteiger partial charge on any atom is -0.504 e. The molecule has 0 unspecified atom stereocenters. The summed E-state index contributed by atoms with van der Waals surface area (Å²) in [6, 6.07) is 10.0. The molecule has 17 heavy (non-hydrogen) atoms. The number of hydrogen-bond donors (Lipinski definition) is 1. The van der Waals surface area contributed by atoms with Gasteiger partial charge in [-0.15, -0.1) is 0 Å². The van der Waals surface area contributed by atoms with E-state index in [9.17, 15) is 13.2 Å². The summed E-state index contributed by atoms with van der Waals surface area (Å²) in [6.45, 7) is 0. The van der Waals surface area contributed by atoms with Crippen LogP contribution in [-0.4, -0.2) is 24.4 Å². The van der Waals surface area contributed by atoms with Gasteiger partial charge in [-0.05, 0) is 11.6 Å². The van der Waals surface area contributed by atoms with Gasteiger partial charge in [-0.25, -0.2) is 4.79 Å². The van der Waals surface area contributed by atoms with Crippen LogP contribution >= 0.6 is 0 Å². The van der Waals surface area contributed by atoms with Crippen LogP contribution in [0.2, 0.25) is 0 Å². The number of carboxylic acids is 1. The van der Waals surface area contributed by atoms with Crippen LogP contribution in [0.3, 0.4) is 0 Å². The molecule has 0 atom stereocenters. The van der Waals surface area contributed by atoms with Crippen molar-refractivity contribution in [3.05, 3.63) is 42.2 Å². The summed E-state index contributed by atoms with van der Waals surface area (Å²) in [7, 11) is 1.64. The van der Waals surface area contributed by atoms with Gasteiger partial charge in [-0.1, -0.05) is 30.3 Å². The van der Waals surface area contributed by atoms with E-state index in [0.717, 1.165) is 5.56 Å². The Morgan fingerprint density at radius 3 is 2.12 bits per heavy atom. The van der Waals surface area contributed by atoms with Crippen LogP contribution in [0.4, 0.5) is 13.2 Å². The Morgan fingerprint density at radius 1 is 1.29 bits per heavy atom. The van der Waals surface area contributed by atoms with Crippen LogP contribution in [0.5, 0.6) is 0 Å². The maximum atomic E-state index is 10.6. The van der Waals surface area contributed by atoms with E-state index < -0.39 is 12.1 Å². The fraction of sp³-hybridized carbons (Fsp3) is 0.182. The molecule has 0 saturated carbocycles. The van der Waals surface area contributed by atoms with E-state index >= 15 is 0 Å². The number of rotatable bonds is 2. The lowest BCUT2D eigenvalue weighted by Crippen LogP contribution is -2.21. The van der Waals surface area contributed by atoms with Crippen LogP contribution < -0.4 is 0 Å². The maximum absolute atomic E-state index is 10.6. The van der Waals surface area contributed by atoms with Gasteiger partial charge < -0.3 is 9.84 Å². The molecule has 0 fully saturated rings. The number of alkyl halides is 3. The van der Waals surface area contributed by atoms with Gasteiger partial charge in [0.25, 0.3) is 0 Å². The number of carboxylic acid groups (broad SMARTS) is 1.